The van der Waals surface area contributed by atoms with E-state index >= 15 is 0 Å². The fourth-order valence-electron chi connectivity index (χ4n) is 1.97. The molecule has 1 heterocycles. The molecule has 2 aromatic rings. The molecule has 0 aliphatic heterocycles. The van der Waals surface area contributed by atoms with Crippen LogP contribution >= 0.6 is 11.3 Å². The first-order valence-electron chi connectivity index (χ1n) is 6.22. The highest BCUT2D eigenvalue weighted by atomic mass is 32.1. The van der Waals surface area contributed by atoms with Gasteiger partial charge in [-0.3, -0.25) is 9.59 Å². The molecule has 0 saturated heterocycles. The average Bonchev–Trinajstić information content (AvgIpc) is 2.82. The number of halogens is 1. The second kappa shape index (κ2) is 6.00. The van der Waals surface area contributed by atoms with Gasteiger partial charge in [-0.1, -0.05) is 13.0 Å². The van der Waals surface area contributed by atoms with Crippen LogP contribution in [-0.2, 0) is 4.79 Å². The first-order chi connectivity index (χ1) is 9.52. The Hall–Kier alpha value is -1.95. The number of thiophene rings is 1. The third kappa shape index (κ3) is 2.96. The molecule has 0 atom stereocenters. The van der Waals surface area contributed by atoms with E-state index in [2.05, 4.69) is 0 Å². The number of aliphatic carboxylic acids is 1. The Morgan fingerprint density at radius 3 is 2.75 bits per heavy atom. The highest BCUT2D eigenvalue weighted by Crippen LogP contribution is 2.28. The molecule has 106 valence electrons. The molecule has 0 fully saturated rings. The predicted octanol–water partition coefficient (Wildman–Crippen LogP) is 2.98. The van der Waals surface area contributed by atoms with Crippen LogP contribution in [0.2, 0.25) is 0 Å². The summed E-state index contributed by atoms with van der Waals surface area (Å²) in [5.41, 5.74) is 0. The molecule has 1 aromatic heterocycles. The maximum Gasteiger partial charge on any atom is 0.323 e. The van der Waals surface area contributed by atoms with Gasteiger partial charge in [0.05, 0.1) is 4.88 Å². The third-order valence-corrected chi connectivity index (χ3v) is 3.91. The fraction of sp³-hybridized carbons (Fsp3) is 0.286. The topological polar surface area (TPSA) is 57.6 Å². The molecule has 6 heteroatoms. The van der Waals surface area contributed by atoms with Gasteiger partial charge in [-0.05, 0) is 24.6 Å². The second-order valence-corrected chi connectivity index (χ2v) is 5.47. The summed E-state index contributed by atoms with van der Waals surface area (Å²) >= 11 is 1.18. The number of carboxylic acid groups (broad SMARTS) is 1. The van der Waals surface area contributed by atoms with Crippen molar-refractivity contribution >= 4 is 33.3 Å². The number of nitrogens with zero attached hydrogens (tertiary/aromatic N) is 1. The van der Waals surface area contributed by atoms with E-state index in [1.165, 1.54) is 28.4 Å². The van der Waals surface area contributed by atoms with Crippen molar-refractivity contribution in [3.8, 4) is 0 Å². The van der Waals surface area contributed by atoms with Crippen molar-refractivity contribution in [1.29, 1.82) is 0 Å². The summed E-state index contributed by atoms with van der Waals surface area (Å²) in [6, 6.07) is 6.15. The number of benzene rings is 1. The largest absolute Gasteiger partial charge is 0.480 e. The van der Waals surface area contributed by atoms with Gasteiger partial charge in [-0.2, -0.15) is 0 Å². The Bertz CT molecular complexity index is 653. The van der Waals surface area contributed by atoms with Crippen molar-refractivity contribution in [3.05, 3.63) is 35.0 Å². The van der Waals surface area contributed by atoms with Gasteiger partial charge in [0, 0.05) is 16.6 Å². The van der Waals surface area contributed by atoms with Crippen molar-refractivity contribution in [3.63, 3.8) is 0 Å². The van der Waals surface area contributed by atoms with Gasteiger partial charge in [-0.25, -0.2) is 4.39 Å². The normalized spacial score (nSPS) is 10.7. The molecule has 1 N–H and O–H groups in total. The van der Waals surface area contributed by atoms with Gasteiger partial charge in [0.15, 0.2) is 0 Å². The standard InChI is InChI=1S/C14H14FNO3S/c1-2-6-16(8-13(17)18)14(19)12-7-9-10(15)4-3-5-11(9)20-12/h3-5,7H,2,6,8H2,1H3,(H,17,18). The van der Waals surface area contributed by atoms with Crippen LogP contribution in [0.15, 0.2) is 24.3 Å². The van der Waals surface area contributed by atoms with Gasteiger partial charge in [0.25, 0.3) is 5.91 Å². The van der Waals surface area contributed by atoms with Crippen molar-refractivity contribution in [2.45, 2.75) is 13.3 Å². The van der Waals surface area contributed by atoms with Gasteiger partial charge in [-0.15, -0.1) is 11.3 Å². The molecule has 0 unspecified atom stereocenters. The first-order valence-corrected chi connectivity index (χ1v) is 7.03. The molecule has 4 nitrogen and oxygen atoms in total. The van der Waals surface area contributed by atoms with Crippen LogP contribution < -0.4 is 0 Å². The minimum Gasteiger partial charge on any atom is -0.480 e. The molecule has 2 rings (SSSR count). The van der Waals surface area contributed by atoms with Crippen LogP contribution in [0.1, 0.15) is 23.0 Å². The zero-order chi connectivity index (χ0) is 14.7. The van der Waals surface area contributed by atoms with E-state index in [-0.39, 0.29) is 18.3 Å². The minimum atomic E-state index is -1.06. The lowest BCUT2D eigenvalue weighted by Crippen LogP contribution is -2.35. The van der Waals surface area contributed by atoms with Gasteiger partial charge in [0.2, 0.25) is 0 Å². The molecular formula is C14H14FNO3S. The maximum atomic E-state index is 13.6. The number of fused-ring (bicyclic) bond motifs is 1. The highest BCUT2D eigenvalue weighted by molar-refractivity contribution is 7.20. The second-order valence-electron chi connectivity index (χ2n) is 4.38. The molecule has 0 spiro atoms. The molecule has 0 saturated carbocycles. The lowest BCUT2D eigenvalue weighted by molar-refractivity contribution is -0.137. The number of rotatable bonds is 5. The van der Waals surface area contributed by atoms with E-state index in [9.17, 15) is 14.0 Å². The molecule has 0 aliphatic rings. The number of hydrogen-bond donors (Lipinski definition) is 1. The number of carbonyl (C=O) groups is 2. The Labute approximate surface area is 119 Å². The summed E-state index contributed by atoms with van der Waals surface area (Å²) in [5, 5.41) is 9.24. The highest BCUT2D eigenvalue weighted by Gasteiger charge is 2.20. The van der Waals surface area contributed by atoms with Crippen molar-refractivity contribution in [2.75, 3.05) is 13.1 Å². The van der Waals surface area contributed by atoms with E-state index < -0.39 is 5.97 Å². The number of carboxylic acids is 1. The summed E-state index contributed by atoms with van der Waals surface area (Å²) in [4.78, 5) is 24.7. The number of carbonyl (C=O) groups excluding carboxylic acids is 1. The summed E-state index contributed by atoms with van der Waals surface area (Å²) in [5.74, 6) is -1.80. The van der Waals surface area contributed by atoms with Crippen molar-refractivity contribution in [1.82, 2.24) is 4.90 Å². The van der Waals surface area contributed by atoms with Crippen LogP contribution in [0.3, 0.4) is 0 Å². The van der Waals surface area contributed by atoms with E-state index in [0.29, 0.717) is 27.9 Å². The summed E-state index contributed by atoms with van der Waals surface area (Å²) in [7, 11) is 0. The quantitative estimate of drug-likeness (QED) is 0.922. The first kappa shape index (κ1) is 14.5. The van der Waals surface area contributed by atoms with Gasteiger partial charge < -0.3 is 10.0 Å². The van der Waals surface area contributed by atoms with E-state index in [0.717, 1.165) is 0 Å². The van der Waals surface area contributed by atoms with E-state index in [1.807, 2.05) is 6.92 Å². The summed E-state index contributed by atoms with van der Waals surface area (Å²) < 4.78 is 14.3. The molecule has 20 heavy (non-hydrogen) atoms. The Balaban J connectivity index is 2.33. The number of amides is 1. The molecule has 1 amide bonds. The van der Waals surface area contributed by atoms with Crippen molar-refractivity contribution < 1.29 is 19.1 Å². The van der Waals surface area contributed by atoms with E-state index in [4.69, 9.17) is 5.11 Å². The zero-order valence-corrected chi connectivity index (χ0v) is 11.7. The van der Waals surface area contributed by atoms with Crippen molar-refractivity contribution in [2.24, 2.45) is 0 Å². The lowest BCUT2D eigenvalue weighted by Gasteiger charge is -2.18. The Morgan fingerprint density at radius 1 is 1.40 bits per heavy atom. The molecular weight excluding hydrogens is 281 g/mol. The summed E-state index contributed by atoms with van der Waals surface area (Å²) in [6.45, 7) is 1.89. The van der Waals surface area contributed by atoms with E-state index in [1.54, 1.807) is 12.1 Å². The smallest absolute Gasteiger partial charge is 0.323 e. The van der Waals surface area contributed by atoms with Gasteiger partial charge >= 0.3 is 5.97 Å². The lowest BCUT2D eigenvalue weighted by atomic mass is 10.2. The molecule has 0 radical (unpaired) electrons. The Kier molecular flexibility index (Phi) is 4.34. The predicted molar refractivity (Wildman–Crippen MR) is 75.6 cm³/mol. The van der Waals surface area contributed by atoms with Crippen LogP contribution in [0, 0.1) is 5.82 Å². The fourth-order valence-corrected chi connectivity index (χ4v) is 3.02. The average molecular weight is 295 g/mol. The third-order valence-electron chi connectivity index (χ3n) is 2.83. The zero-order valence-electron chi connectivity index (χ0n) is 10.9. The van der Waals surface area contributed by atoms with Gasteiger partial charge in [0.1, 0.15) is 12.4 Å². The summed E-state index contributed by atoms with van der Waals surface area (Å²) in [6.07, 6.45) is 0.665. The molecule has 1 aromatic carbocycles. The van der Waals surface area contributed by atoms with Crippen LogP contribution in [0.25, 0.3) is 10.1 Å². The minimum absolute atomic E-state index is 0.344. The monoisotopic (exact) mass is 295 g/mol. The Morgan fingerprint density at radius 2 is 2.15 bits per heavy atom. The molecule has 0 bridgehead atoms. The number of hydrogen-bond acceptors (Lipinski definition) is 3. The SMILES string of the molecule is CCCN(CC(=O)O)C(=O)c1cc2c(F)cccc2s1. The van der Waals surface area contributed by atoms with Crippen LogP contribution in [-0.4, -0.2) is 35.0 Å². The maximum absolute atomic E-state index is 13.6. The molecule has 0 aliphatic carbocycles. The van der Waals surface area contributed by atoms with Crippen LogP contribution in [0.5, 0.6) is 0 Å². The van der Waals surface area contributed by atoms with Crippen LogP contribution in [0.4, 0.5) is 4.39 Å².